The minimum Gasteiger partial charge on any atom is -0.368 e. The molecule has 4 nitrogen and oxygen atoms in total. The number of hydrogen-bond donors (Lipinski definition) is 2. The normalized spacial score (nSPS) is 30.5. The van der Waals surface area contributed by atoms with Gasteiger partial charge in [0.15, 0.2) is 0 Å². The van der Waals surface area contributed by atoms with Crippen LogP contribution in [0.15, 0.2) is 11.8 Å². The standard InChI is InChI=1S/C7H13N3O/c1-5-4-10(3)9-7(5,2)6(8)11/h4,9H,1-3H3,(H2,8,11). The highest BCUT2D eigenvalue weighted by atomic mass is 16.1. The van der Waals surface area contributed by atoms with Gasteiger partial charge < -0.3 is 10.7 Å². The van der Waals surface area contributed by atoms with E-state index in [2.05, 4.69) is 5.43 Å². The Labute approximate surface area is 66.0 Å². The molecule has 0 saturated heterocycles. The van der Waals surface area contributed by atoms with Crippen molar-refractivity contribution in [2.45, 2.75) is 19.4 Å². The summed E-state index contributed by atoms with van der Waals surface area (Å²) in [6.07, 6.45) is 1.85. The lowest BCUT2D eigenvalue weighted by Gasteiger charge is -2.23. The zero-order chi connectivity index (χ0) is 8.65. The van der Waals surface area contributed by atoms with Gasteiger partial charge in [0.05, 0.1) is 0 Å². The first-order chi connectivity index (χ1) is 4.97. The molecule has 1 unspecified atom stereocenters. The Hall–Kier alpha value is -1.03. The molecule has 0 spiro atoms. The van der Waals surface area contributed by atoms with Gasteiger partial charge in [0, 0.05) is 13.2 Å². The van der Waals surface area contributed by atoms with E-state index < -0.39 is 5.54 Å². The van der Waals surface area contributed by atoms with Gasteiger partial charge in [-0.15, -0.1) is 0 Å². The van der Waals surface area contributed by atoms with Crippen LogP contribution in [0.4, 0.5) is 0 Å². The number of nitrogens with two attached hydrogens (primary N) is 1. The van der Waals surface area contributed by atoms with Crippen molar-refractivity contribution in [2.24, 2.45) is 5.73 Å². The van der Waals surface area contributed by atoms with Crippen molar-refractivity contribution in [2.75, 3.05) is 7.05 Å². The van der Waals surface area contributed by atoms with E-state index >= 15 is 0 Å². The third-order valence-corrected chi connectivity index (χ3v) is 2.07. The molecule has 4 heteroatoms. The van der Waals surface area contributed by atoms with Gasteiger partial charge in [-0.05, 0) is 19.4 Å². The summed E-state index contributed by atoms with van der Waals surface area (Å²) in [6, 6.07) is 0. The van der Waals surface area contributed by atoms with E-state index in [4.69, 9.17) is 5.73 Å². The summed E-state index contributed by atoms with van der Waals surface area (Å²) >= 11 is 0. The number of hydrogen-bond acceptors (Lipinski definition) is 3. The third kappa shape index (κ3) is 1.09. The molecule has 1 heterocycles. The quantitative estimate of drug-likeness (QED) is 0.541. The van der Waals surface area contributed by atoms with E-state index in [1.807, 2.05) is 20.2 Å². The molecule has 0 aromatic rings. The number of carbonyl (C=O) groups is 1. The van der Waals surface area contributed by atoms with Crippen molar-refractivity contribution in [1.29, 1.82) is 0 Å². The summed E-state index contributed by atoms with van der Waals surface area (Å²) in [4.78, 5) is 11.0. The lowest BCUT2D eigenvalue weighted by molar-refractivity contribution is -0.123. The Morgan fingerprint density at radius 1 is 1.82 bits per heavy atom. The highest BCUT2D eigenvalue weighted by molar-refractivity contribution is 5.88. The third-order valence-electron chi connectivity index (χ3n) is 2.07. The summed E-state index contributed by atoms with van der Waals surface area (Å²) < 4.78 is 0. The van der Waals surface area contributed by atoms with Crippen LogP contribution < -0.4 is 11.2 Å². The minimum absolute atomic E-state index is 0.351. The Kier molecular flexibility index (Phi) is 1.64. The van der Waals surface area contributed by atoms with Crippen LogP contribution >= 0.6 is 0 Å². The largest absolute Gasteiger partial charge is 0.368 e. The Bertz CT molecular complexity index is 224. The second-order valence-electron chi connectivity index (χ2n) is 3.02. The second kappa shape index (κ2) is 2.23. The van der Waals surface area contributed by atoms with Crippen molar-refractivity contribution in [3.63, 3.8) is 0 Å². The minimum atomic E-state index is -0.700. The fraction of sp³-hybridized carbons (Fsp3) is 0.571. The van der Waals surface area contributed by atoms with Crippen molar-refractivity contribution < 1.29 is 4.79 Å². The van der Waals surface area contributed by atoms with E-state index in [-0.39, 0.29) is 5.91 Å². The van der Waals surface area contributed by atoms with Crippen LogP contribution in [-0.4, -0.2) is 23.5 Å². The molecule has 0 aliphatic carbocycles. The molecule has 1 aliphatic heterocycles. The molecule has 1 amide bonds. The highest BCUT2D eigenvalue weighted by Crippen LogP contribution is 2.21. The molecule has 1 rings (SSSR count). The SMILES string of the molecule is CC1=CN(C)NC1(C)C(N)=O. The number of carbonyl (C=O) groups excluding carboxylic acids is 1. The topological polar surface area (TPSA) is 58.4 Å². The number of primary amides is 1. The Morgan fingerprint density at radius 2 is 2.36 bits per heavy atom. The molecule has 0 aromatic heterocycles. The molecule has 3 N–H and O–H groups in total. The zero-order valence-electron chi connectivity index (χ0n) is 7.01. The predicted molar refractivity (Wildman–Crippen MR) is 42.3 cm³/mol. The van der Waals surface area contributed by atoms with Gasteiger partial charge in [0.2, 0.25) is 5.91 Å². The van der Waals surface area contributed by atoms with Gasteiger partial charge >= 0.3 is 0 Å². The van der Waals surface area contributed by atoms with E-state index in [1.54, 1.807) is 11.9 Å². The van der Waals surface area contributed by atoms with Crippen LogP contribution in [0, 0.1) is 0 Å². The average molecular weight is 155 g/mol. The van der Waals surface area contributed by atoms with Gasteiger partial charge in [0.1, 0.15) is 5.54 Å². The number of amides is 1. The summed E-state index contributed by atoms with van der Waals surface area (Å²) in [5, 5.41) is 1.74. The van der Waals surface area contributed by atoms with E-state index in [1.165, 1.54) is 0 Å². The molecule has 0 aromatic carbocycles. The summed E-state index contributed by atoms with van der Waals surface area (Å²) in [7, 11) is 1.83. The lowest BCUT2D eigenvalue weighted by atomic mass is 9.95. The molecule has 62 valence electrons. The second-order valence-corrected chi connectivity index (χ2v) is 3.02. The Balaban J connectivity index is 2.92. The molecule has 0 radical (unpaired) electrons. The fourth-order valence-corrected chi connectivity index (χ4v) is 1.14. The monoisotopic (exact) mass is 155 g/mol. The smallest absolute Gasteiger partial charge is 0.243 e. The van der Waals surface area contributed by atoms with Crippen LogP contribution in [0.5, 0.6) is 0 Å². The van der Waals surface area contributed by atoms with Gasteiger partial charge in [-0.3, -0.25) is 4.79 Å². The summed E-state index contributed by atoms with van der Waals surface area (Å²) in [6.45, 7) is 3.64. The van der Waals surface area contributed by atoms with Gasteiger partial charge in [-0.25, -0.2) is 5.43 Å². The molecule has 0 saturated carbocycles. The van der Waals surface area contributed by atoms with Crippen molar-refractivity contribution in [3.05, 3.63) is 11.8 Å². The fourth-order valence-electron chi connectivity index (χ4n) is 1.14. The first kappa shape index (κ1) is 8.07. The van der Waals surface area contributed by atoms with Gasteiger partial charge in [0.25, 0.3) is 0 Å². The zero-order valence-corrected chi connectivity index (χ0v) is 7.01. The van der Waals surface area contributed by atoms with E-state index in [0.29, 0.717) is 0 Å². The number of nitrogens with one attached hydrogen (secondary N) is 1. The van der Waals surface area contributed by atoms with Crippen LogP contribution in [0.3, 0.4) is 0 Å². The molecular formula is C7H13N3O. The number of nitrogens with zero attached hydrogens (tertiary/aromatic N) is 1. The molecule has 1 aliphatic rings. The van der Waals surface area contributed by atoms with Gasteiger partial charge in [-0.1, -0.05) is 0 Å². The van der Waals surface area contributed by atoms with Crippen molar-refractivity contribution in [3.8, 4) is 0 Å². The van der Waals surface area contributed by atoms with E-state index in [0.717, 1.165) is 5.57 Å². The van der Waals surface area contributed by atoms with Crippen LogP contribution in [-0.2, 0) is 4.79 Å². The van der Waals surface area contributed by atoms with Crippen molar-refractivity contribution >= 4 is 5.91 Å². The Morgan fingerprint density at radius 3 is 2.55 bits per heavy atom. The molecule has 0 bridgehead atoms. The maximum absolute atomic E-state index is 11.0. The van der Waals surface area contributed by atoms with Crippen LogP contribution in [0.25, 0.3) is 0 Å². The molecule has 11 heavy (non-hydrogen) atoms. The average Bonchev–Trinajstić information content (AvgIpc) is 2.08. The first-order valence-corrected chi connectivity index (χ1v) is 3.46. The number of rotatable bonds is 1. The van der Waals surface area contributed by atoms with Crippen LogP contribution in [0.2, 0.25) is 0 Å². The van der Waals surface area contributed by atoms with Crippen molar-refractivity contribution in [1.82, 2.24) is 10.4 Å². The first-order valence-electron chi connectivity index (χ1n) is 3.46. The van der Waals surface area contributed by atoms with E-state index in [9.17, 15) is 4.79 Å². The predicted octanol–water partition coefficient (Wildman–Crippen LogP) is -0.416. The molecule has 0 fully saturated rings. The number of hydrazine groups is 1. The summed E-state index contributed by atoms with van der Waals surface area (Å²) in [5.41, 5.74) is 8.40. The van der Waals surface area contributed by atoms with Crippen LogP contribution in [0.1, 0.15) is 13.8 Å². The molecule has 1 atom stereocenters. The summed E-state index contributed by atoms with van der Waals surface area (Å²) in [5.74, 6) is -0.351. The lowest BCUT2D eigenvalue weighted by Crippen LogP contribution is -2.53. The molecular weight excluding hydrogens is 142 g/mol. The van der Waals surface area contributed by atoms with Gasteiger partial charge in [-0.2, -0.15) is 0 Å². The maximum atomic E-state index is 11.0. The highest BCUT2D eigenvalue weighted by Gasteiger charge is 2.37. The maximum Gasteiger partial charge on any atom is 0.243 e.